The summed E-state index contributed by atoms with van der Waals surface area (Å²) in [5, 5.41) is 13.7. The Kier molecular flexibility index (Phi) is 5.15. The van der Waals surface area contributed by atoms with Crippen molar-refractivity contribution in [3.63, 3.8) is 0 Å². The Morgan fingerprint density at radius 1 is 1.38 bits per heavy atom. The van der Waals surface area contributed by atoms with E-state index < -0.39 is 0 Å². The molecule has 0 radical (unpaired) electrons. The number of amides is 1. The summed E-state index contributed by atoms with van der Waals surface area (Å²) < 4.78 is 0. The van der Waals surface area contributed by atoms with Crippen LogP contribution in [0.25, 0.3) is 0 Å². The van der Waals surface area contributed by atoms with Gasteiger partial charge in [0.25, 0.3) is 5.91 Å². The third-order valence-corrected chi connectivity index (χ3v) is 4.01. The van der Waals surface area contributed by atoms with Gasteiger partial charge in [0.05, 0.1) is 10.6 Å². The molecular weight excluding hydrogens is 282 g/mol. The van der Waals surface area contributed by atoms with Crippen LogP contribution in [-0.4, -0.2) is 17.6 Å². The van der Waals surface area contributed by atoms with Crippen LogP contribution < -0.4 is 5.32 Å². The molecule has 0 saturated heterocycles. The summed E-state index contributed by atoms with van der Waals surface area (Å²) in [5.41, 5.74) is 3.49. The van der Waals surface area contributed by atoms with Crippen molar-refractivity contribution < 1.29 is 9.90 Å². The number of hydrogen-bond acceptors (Lipinski definition) is 3. The van der Waals surface area contributed by atoms with E-state index in [0.29, 0.717) is 11.3 Å². The smallest absolute Gasteiger partial charge is 0.266 e. The standard InChI is InChI=1S/C17H17NO2S/c1-3-13-8-10-21-16(13)17(20)18-15-7-6-12(2)11-14(15)5-4-9-19/h6-8,10-11,19H,3,9H2,1-2H3,(H,18,20). The molecule has 21 heavy (non-hydrogen) atoms. The van der Waals surface area contributed by atoms with Crippen LogP contribution >= 0.6 is 11.3 Å². The molecule has 1 amide bonds. The molecule has 0 aliphatic rings. The number of rotatable bonds is 3. The molecule has 0 bridgehead atoms. The van der Waals surface area contributed by atoms with Crippen molar-refractivity contribution in [2.24, 2.45) is 0 Å². The maximum Gasteiger partial charge on any atom is 0.266 e. The minimum Gasteiger partial charge on any atom is -0.384 e. The monoisotopic (exact) mass is 299 g/mol. The molecule has 0 aliphatic heterocycles. The van der Waals surface area contributed by atoms with E-state index in [1.165, 1.54) is 11.3 Å². The van der Waals surface area contributed by atoms with Crippen LogP contribution in [-0.2, 0) is 6.42 Å². The number of benzene rings is 1. The summed E-state index contributed by atoms with van der Waals surface area (Å²) in [7, 11) is 0. The lowest BCUT2D eigenvalue weighted by atomic mass is 10.1. The van der Waals surface area contributed by atoms with E-state index in [4.69, 9.17) is 5.11 Å². The van der Waals surface area contributed by atoms with Crippen molar-refractivity contribution in [3.05, 3.63) is 51.2 Å². The van der Waals surface area contributed by atoms with Crippen LogP contribution in [0.4, 0.5) is 5.69 Å². The van der Waals surface area contributed by atoms with Gasteiger partial charge in [-0.1, -0.05) is 24.8 Å². The molecule has 1 heterocycles. The van der Waals surface area contributed by atoms with Gasteiger partial charge in [0.15, 0.2) is 0 Å². The maximum absolute atomic E-state index is 12.4. The molecule has 3 nitrogen and oxygen atoms in total. The molecule has 0 saturated carbocycles. The van der Waals surface area contributed by atoms with Crippen LogP contribution in [0.1, 0.15) is 33.3 Å². The Morgan fingerprint density at radius 3 is 2.90 bits per heavy atom. The lowest BCUT2D eigenvalue weighted by Gasteiger charge is -2.08. The normalized spacial score (nSPS) is 9.86. The van der Waals surface area contributed by atoms with Gasteiger partial charge in [-0.15, -0.1) is 11.3 Å². The highest BCUT2D eigenvalue weighted by molar-refractivity contribution is 7.12. The molecule has 0 aliphatic carbocycles. The van der Waals surface area contributed by atoms with E-state index in [2.05, 4.69) is 17.2 Å². The number of nitrogens with one attached hydrogen (secondary N) is 1. The molecule has 2 aromatic rings. The van der Waals surface area contributed by atoms with Crippen molar-refractivity contribution in [1.82, 2.24) is 0 Å². The van der Waals surface area contributed by atoms with E-state index >= 15 is 0 Å². The van der Waals surface area contributed by atoms with Gasteiger partial charge in [-0.3, -0.25) is 4.79 Å². The van der Waals surface area contributed by atoms with E-state index in [1.807, 2.05) is 43.5 Å². The van der Waals surface area contributed by atoms with Crippen molar-refractivity contribution in [2.75, 3.05) is 11.9 Å². The third kappa shape index (κ3) is 3.72. The van der Waals surface area contributed by atoms with Crippen molar-refractivity contribution in [3.8, 4) is 11.8 Å². The Labute approximate surface area is 128 Å². The number of aryl methyl sites for hydroxylation is 2. The number of carbonyl (C=O) groups excluding carboxylic acids is 1. The molecule has 1 aromatic carbocycles. The van der Waals surface area contributed by atoms with Crippen LogP contribution in [0, 0.1) is 18.8 Å². The summed E-state index contributed by atoms with van der Waals surface area (Å²) >= 11 is 1.44. The first-order valence-corrected chi connectivity index (χ1v) is 7.61. The first kappa shape index (κ1) is 15.3. The summed E-state index contributed by atoms with van der Waals surface area (Å²) in [6.45, 7) is 3.79. The van der Waals surface area contributed by atoms with Crippen molar-refractivity contribution in [2.45, 2.75) is 20.3 Å². The molecule has 2 N–H and O–H groups in total. The van der Waals surface area contributed by atoms with Gasteiger partial charge >= 0.3 is 0 Å². The number of anilines is 1. The Balaban J connectivity index is 2.29. The fourth-order valence-electron chi connectivity index (χ4n) is 2.00. The summed E-state index contributed by atoms with van der Waals surface area (Å²) in [6, 6.07) is 7.64. The molecule has 2 rings (SSSR count). The molecule has 0 atom stereocenters. The predicted molar refractivity (Wildman–Crippen MR) is 86.8 cm³/mol. The van der Waals surface area contributed by atoms with Crippen molar-refractivity contribution >= 4 is 22.9 Å². The number of carbonyl (C=O) groups is 1. The molecule has 0 fully saturated rings. The largest absolute Gasteiger partial charge is 0.384 e. The quantitative estimate of drug-likeness (QED) is 0.855. The van der Waals surface area contributed by atoms with Gasteiger partial charge < -0.3 is 10.4 Å². The molecular formula is C17H17NO2S. The molecule has 108 valence electrons. The van der Waals surface area contributed by atoms with Gasteiger partial charge in [0.2, 0.25) is 0 Å². The van der Waals surface area contributed by atoms with Crippen LogP contribution in [0.2, 0.25) is 0 Å². The fourth-order valence-corrected chi connectivity index (χ4v) is 2.89. The summed E-state index contributed by atoms with van der Waals surface area (Å²) in [5.74, 6) is 5.38. The molecule has 1 aromatic heterocycles. The predicted octanol–water partition coefficient (Wildman–Crippen LogP) is 3.22. The van der Waals surface area contributed by atoms with E-state index in [1.54, 1.807) is 0 Å². The molecule has 0 spiro atoms. The number of aliphatic hydroxyl groups excluding tert-OH is 1. The van der Waals surface area contributed by atoms with E-state index in [9.17, 15) is 4.79 Å². The highest BCUT2D eigenvalue weighted by Crippen LogP contribution is 2.21. The molecule has 4 heteroatoms. The van der Waals surface area contributed by atoms with E-state index in [0.717, 1.165) is 22.4 Å². The number of hydrogen-bond donors (Lipinski definition) is 2. The van der Waals surface area contributed by atoms with Gasteiger partial charge in [-0.2, -0.15) is 0 Å². The zero-order valence-electron chi connectivity index (χ0n) is 12.1. The third-order valence-electron chi connectivity index (χ3n) is 3.06. The van der Waals surface area contributed by atoms with E-state index in [-0.39, 0.29) is 12.5 Å². The van der Waals surface area contributed by atoms with Gasteiger partial charge in [0, 0.05) is 5.56 Å². The SMILES string of the molecule is CCc1ccsc1C(=O)Nc1ccc(C)cc1C#CCO. The second-order valence-electron chi connectivity index (χ2n) is 4.59. The first-order chi connectivity index (χ1) is 10.2. The number of aliphatic hydroxyl groups is 1. The zero-order chi connectivity index (χ0) is 15.2. The van der Waals surface area contributed by atoms with Gasteiger partial charge in [0.1, 0.15) is 6.61 Å². The second kappa shape index (κ2) is 7.07. The Hall–Kier alpha value is -2.09. The summed E-state index contributed by atoms with van der Waals surface area (Å²) in [4.78, 5) is 13.1. The van der Waals surface area contributed by atoms with Crippen molar-refractivity contribution in [1.29, 1.82) is 0 Å². The zero-order valence-corrected chi connectivity index (χ0v) is 12.9. The minimum atomic E-state index is -0.202. The lowest BCUT2D eigenvalue weighted by molar-refractivity contribution is 0.102. The lowest BCUT2D eigenvalue weighted by Crippen LogP contribution is -2.13. The average molecular weight is 299 g/mol. The second-order valence-corrected chi connectivity index (χ2v) is 5.51. The van der Waals surface area contributed by atoms with Crippen LogP contribution in [0.5, 0.6) is 0 Å². The highest BCUT2D eigenvalue weighted by atomic mass is 32.1. The fraction of sp³-hybridized carbons (Fsp3) is 0.235. The van der Waals surface area contributed by atoms with Gasteiger partial charge in [-0.25, -0.2) is 0 Å². The average Bonchev–Trinajstić information content (AvgIpc) is 2.96. The first-order valence-electron chi connectivity index (χ1n) is 6.73. The highest BCUT2D eigenvalue weighted by Gasteiger charge is 2.13. The summed E-state index contributed by atoms with van der Waals surface area (Å²) in [6.07, 6.45) is 0.831. The van der Waals surface area contributed by atoms with Gasteiger partial charge in [-0.05, 0) is 48.1 Å². The number of thiophene rings is 1. The Bertz CT molecular complexity index is 707. The topological polar surface area (TPSA) is 49.3 Å². The maximum atomic E-state index is 12.4. The molecule has 0 unspecified atom stereocenters. The Morgan fingerprint density at radius 2 is 2.19 bits per heavy atom. The van der Waals surface area contributed by atoms with Crippen LogP contribution in [0.3, 0.4) is 0 Å². The van der Waals surface area contributed by atoms with Crippen LogP contribution in [0.15, 0.2) is 29.6 Å². The minimum absolute atomic E-state index is 0.113.